The van der Waals surface area contributed by atoms with E-state index < -0.39 is 55.9 Å². The number of carbonyl (C=O) groups is 1. The molecule has 1 saturated carbocycles. The Balaban J connectivity index is 1.69. The monoisotopic (exact) mass is 609 g/mol. The van der Waals surface area contributed by atoms with Crippen LogP contribution >= 0.6 is 0 Å². The van der Waals surface area contributed by atoms with Crippen molar-refractivity contribution >= 4 is 15.7 Å². The van der Waals surface area contributed by atoms with E-state index in [4.69, 9.17) is 0 Å². The van der Waals surface area contributed by atoms with Crippen molar-refractivity contribution in [1.29, 1.82) is 0 Å². The zero-order chi connectivity index (χ0) is 30.6. The number of aromatic nitrogens is 2. The number of carbonyl (C=O) groups excluding carboxylic acids is 1. The van der Waals surface area contributed by atoms with Crippen LogP contribution < -0.4 is 5.32 Å². The van der Waals surface area contributed by atoms with Crippen molar-refractivity contribution in [3.05, 3.63) is 82.4 Å². The minimum absolute atomic E-state index is 0.0788. The summed E-state index contributed by atoms with van der Waals surface area (Å²) in [4.78, 5) is 12.3. The molecule has 1 fully saturated rings. The average molecular weight is 610 g/mol. The van der Waals surface area contributed by atoms with Crippen molar-refractivity contribution in [1.82, 2.24) is 15.5 Å². The number of sulfone groups is 1. The minimum Gasteiger partial charge on any atom is -0.353 e. The molecule has 15 heteroatoms. The molecule has 222 valence electrons. The highest BCUT2D eigenvalue weighted by Gasteiger charge is 2.73. The molecule has 1 aliphatic rings. The number of nitrogens with one attached hydrogen (secondary N) is 2. The standard InChI is InChI=1S/C26H23F8N3O3S/c1-14-21(15(2)37-36-14)11-22(38)35-19-12-23(13-19,41(39,40)20-9-7-18(27)8-10-20)16-3-5-17(6-4-16)24(28,25(29,30)31)26(32,33)34/h3-10,19H,11-13H2,1-2H3,(H,35,38)(H,36,37)/t19-,23+. The van der Waals surface area contributed by atoms with E-state index in [2.05, 4.69) is 15.5 Å². The summed E-state index contributed by atoms with van der Waals surface area (Å²) in [6.07, 6.45) is -13.4. The maximum atomic E-state index is 14.6. The number of hydrogen-bond donors (Lipinski definition) is 2. The Kier molecular flexibility index (Phi) is 7.51. The third-order valence-electron chi connectivity index (χ3n) is 7.36. The second kappa shape index (κ2) is 10.1. The van der Waals surface area contributed by atoms with Gasteiger partial charge in [-0.2, -0.15) is 31.4 Å². The molecule has 1 aromatic heterocycles. The molecule has 0 aliphatic heterocycles. The average Bonchev–Trinajstić information content (AvgIpc) is 3.16. The number of amides is 1. The first-order chi connectivity index (χ1) is 18.8. The van der Waals surface area contributed by atoms with E-state index in [1.165, 1.54) is 0 Å². The van der Waals surface area contributed by atoms with Gasteiger partial charge in [0, 0.05) is 22.9 Å². The van der Waals surface area contributed by atoms with Gasteiger partial charge in [-0.3, -0.25) is 9.89 Å². The third-order valence-corrected chi connectivity index (χ3v) is 9.85. The summed E-state index contributed by atoms with van der Waals surface area (Å²) in [6.45, 7) is 3.39. The van der Waals surface area contributed by atoms with Gasteiger partial charge in [-0.15, -0.1) is 0 Å². The lowest BCUT2D eigenvalue weighted by Gasteiger charge is -2.47. The van der Waals surface area contributed by atoms with E-state index >= 15 is 0 Å². The van der Waals surface area contributed by atoms with Crippen molar-refractivity contribution in [2.45, 2.75) is 66.8 Å². The van der Waals surface area contributed by atoms with Gasteiger partial charge in [-0.25, -0.2) is 17.2 Å². The largest absolute Gasteiger partial charge is 0.435 e. The Labute approximate surface area is 229 Å². The molecule has 6 nitrogen and oxygen atoms in total. The molecule has 1 heterocycles. The van der Waals surface area contributed by atoms with Gasteiger partial charge in [-0.05, 0) is 56.5 Å². The van der Waals surface area contributed by atoms with Gasteiger partial charge in [0.25, 0.3) is 0 Å². The molecule has 0 bridgehead atoms. The minimum atomic E-state index is -6.35. The summed E-state index contributed by atoms with van der Waals surface area (Å²) < 4.78 is 133. The van der Waals surface area contributed by atoms with Gasteiger partial charge in [0.1, 0.15) is 10.6 Å². The van der Waals surface area contributed by atoms with Crippen LogP contribution in [0.2, 0.25) is 0 Å². The van der Waals surface area contributed by atoms with E-state index in [0.717, 1.165) is 24.3 Å². The van der Waals surface area contributed by atoms with Crippen LogP contribution in [0.1, 0.15) is 40.9 Å². The van der Waals surface area contributed by atoms with Crippen molar-refractivity contribution in [2.75, 3.05) is 0 Å². The smallest absolute Gasteiger partial charge is 0.353 e. The number of H-pyrrole nitrogens is 1. The van der Waals surface area contributed by atoms with Gasteiger partial charge in [-0.1, -0.05) is 24.3 Å². The number of rotatable bonds is 7. The molecule has 1 amide bonds. The summed E-state index contributed by atoms with van der Waals surface area (Å²) in [5, 5.41) is 9.40. The van der Waals surface area contributed by atoms with E-state index in [9.17, 15) is 48.3 Å². The number of halogens is 8. The molecule has 2 N–H and O–H groups in total. The third kappa shape index (κ3) is 5.08. The second-order valence-corrected chi connectivity index (χ2v) is 12.2. The number of hydrogen-bond acceptors (Lipinski definition) is 4. The number of nitrogens with zero attached hydrogens (tertiary/aromatic N) is 1. The molecular formula is C26H23F8N3O3S. The van der Waals surface area contributed by atoms with Crippen LogP contribution in [0.15, 0.2) is 53.4 Å². The molecule has 2 aromatic carbocycles. The highest BCUT2D eigenvalue weighted by molar-refractivity contribution is 7.92. The summed E-state index contributed by atoms with van der Waals surface area (Å²) >= 11 is 0. The maximum absolute atomic E-state index is 14.6. The first-order valence-corrected chi connectivity index (χ1v) is 13.6. The highest BCUT2D eigenvalue weighted by Crippen LogP contribution is 2.55. The lowest BCUT2D eigenvalue weighted by atomic mass is 9.74. The first-order valence-electron chi connectivity index (χ1n) is 12.1. The number of aromatic amines is 1. The van der Waals surface area contributed by atoms with Crippen LogP contribution in [-0.2, 0) is 31.5 Å². The van der Waals surface area contributed by atoms with Crippen LogP contribution in [0.3, 0.4) is 0 Å². The van der Waals surface area contributed by atoms with Crippen LogP contribution in [0.5, 0.6) is 0 Å². The summed E-state index contributed by atoms with van der Waals surface area (Å²) in [5.74, 6) is -1.21. The van der Waals surface area contributed by atoms with E-state index in [1.807, 2.05) is 0 Å². The predicted octanol–water partition coefficient (Wildman–Crippen LogP) is 5.65. The lowest BCUT2D eigenvalue weighted by molar-refractivity contribution is -0.348. The van der Waals surface area contributed by atoms with Crippen molar-refractivity contribution in [3.8, 4) is 0 Å². The predicted molar refractivity (Wildman–Crippen MR) is 130 cm³/mol. The quantitative estimate of drug-likeness (QED) is 0.268. The van der Waals surface area contributed by atoms with E-state index in [1.54, 1.807) is 13.8 Å². The van der Waals surface area contributed by atoms with Crippen LogP contribution in [0.4, 0.5) is 35.1 Å². The number of aryl methyl sites for hydroxylation is 2. The highest BCUT2D eigenvalue weighted by atomic mass is 32.2. The fraction of sp³-hybridized carbons (Fsp3) is 0.385. The molecule has 0 saturated heterocycles. The maximum Gasteiger partial charge on any atom is 0.435 e. The number of benzene rings is 2. The summed E-state index contributed by atoms with van der Waals surface area (Å²) in [6, 6.07) is 4.83. The fourth-order valence-corrected chi connectivity index (χ4v) is 7.29. The molecular weight excluding hydrogens is 586 g/mol. The molecule has 0 radical (unpaired) electrons. The molecule has 0 unspecified atom stereocenters. The van der Waals surface area contributed by atoms with E-state index in [-0.39, 0.29) is 41.9 Å². The van der Waals surface area contributed by atoms with Gasteiger partial charge >= 0.3 is 18.0 Å². The molecule has 41 heavy (non-hydrogen) atoms. The molecule has 0 spiro atoms. The normalized spacial score (nSPS) is 20.0. The molecule has 4 rings (SSSR count). The second-order valence-electron chi connectivity index (χ2n) is 9.95. The molecule has 0 atom stereocenters. The molecule has 3 aromatic rings. The topological polar surface area (TPSA) is 91.9 Å². The zero-order valence-electron chi connectivity index (χ0n) is 21.4. The van der Waals surface area contributed by atoms with Gasteiger partial charge in [0.15, 0.2) is 9.84 Å². The summed E-state index contributed by atoms with van der Waals surface area (Å²) in [7, 11) is -4.44. The Hall–Kier alpha value is -3.49. The van der Waals surface area contributed by atoms with Crippen LogP contribution in [0.25, 0.3) is 0 Å². The molecule has 1 aliphatic carbocycles. The Morgan fingerprint density at radius 1 is 0.951 bits per heavy atom. The van der Waals surface area contributed by atoms with Crippen LogP contribution in [0, 0.1) is 19.7 Å². The van der Waals surface area contributed by atoms with Crippen molar-refractivity contribution in [2.24, 2.45) is 0 Å². The van der Waals surface area contributed by atoms with Crippen LogP contribution in [-0.4, -0.2) is 42.9 Å². The fourth-order valence-electron chi connectivity index (χ4n) is 5.05. The first kappa shape index (κ1) is 30.5. The Morgan fingerprint density at radius 2 is 1.49 bits per heavy atom. The zero-order valence-corrected chi connectivity index (χ0v) is 22.2. The summed E-state index contributed by atoms with van der Waals surface area (Å²) in [5.41, 5.74) is -5.81. The van der Waals surface area contributed by atoms with Gasteiger partial charge < -0.3 is 5.32 Å². The number of alkyl halides is 7. The van der Waals surface area contributed by atoms with Gasteiger partial charge in [0.05, 0.1) is 17.0 Å². The Bertz CT molecular complexity index is 1510. The van der Waals surface area contributed by atoms with E-state index in [0.29, 0.717) is 29.1 Å². The lowest BCUT2D eigenvalue weighted by Crippen LogP contribution is -2.57. The Morgan fingerprint density at radius 3 is 1.95 bits per heavy atom. The van der Waals surface area contributed by atoms with Gasteiger partial charge in [0.2, 0.25) is 5.91 Å². The SMILES string of the molecule is Cc1n[nH]c(C)c1CC(=O)N[C@H]1C[C@@](c2ccc(C(F)(C(F)(F)F)C(F)(F)F)cc2)(S(=O)(=O)c2ccc(F)cc2)C1. The van der Waals surface area contributed by atoms with Crippen molar-refractivity contribution in [3.63, 3.8) is 0 Å². The van der Waals surface area contributed by atoms with Crippen molar-refractivity contribution < 1.29 is 48.3 Å².